The van der Waals surface area contributed by atoms with Crippen molar-refractivity contribution in [3.63, 3.8) is 0 Å². The highest BCUT2D eigenvalue weighted by Crippen LogP contribution is 2.54. The van der Waals surface area contributed by atoms with Gasteiger partial charge in [0.05, 0.1) is 26.5 Å². The maximum Gasteiger partial charge on any atom is 0.410 e. The molecule has 3 amide bonds. The fraction of sp³-hybridized carbons (Fsp3) is 0.571. The Morgan fingerprint density at radius 3 is 2.24 bits per heavy atom. The lowest BCUT2D eigenvalue weighted by atomic mass is 9.60. The molecule has 2 aliphatic heterocycles. The van der Waals surface area contributed by atoms with E-state index in [2.05, 4.69) is 4.98 Å². The second-order valence-electron chi connectivity index (χ2n) is 11.7. The molecule has 10 nitrogen and oxygen atoms in total. The number of aromatic nitrogens is 2. The third-order valence-electron chi connectivity index (χ3n) is 7.99. The number of urea groups is 1. The maximum atomic E-state index is 14.3. The van der Waals surface area contributed by atoms with Crippen LogP contribution < -0.4 is 19.3 Å². The third-order valence-corrected chi connectivity index (χ3v) is 9.29. The van der Waals surface area contributed by atoms with Gasteiger partial charge < -0.3 is 19.1 Å². The zero-order valence-corrected chi connectivity index (χ0v) is 26.5. The summed E-state index contributed by atoms with van der Waals surface area (Å²) in [5.41, 5.74) is 0.629. The van der Waals surface area contributed by atoms with Gasteiger partial charge in [-0.25, -0.2) is 19.6 Å². The molecule has 1 saturated heterocycles. The number of ether oxygens (including phenoxy) is 3. The molecule has 222 valence electrons. The SMILES string of the molecule is COc1cc(OC)c(Cl)c(N2Cc3cnc(SC)nc3N(C3CC4(CCN(C(=O)OC(C)(C)C)CC4)C3)C2=O)c1Cl. The topological polar surface area (TPSA) is 97.3 Å². The van der Waals surface area contributed by atoms with Crippen LogP contribution in [0, 0.1) is 5.41 Å². The van der Waals surface area contributed by atoms with Crippen LogP contribution in [0.15, 0.2) is 17.4 Å². The predicted octanol–water partition coefficient (Wildman–Crippen LogP) is 6.65. The fourth-order valence-electron chi connectivity index (χ4n) is 5.89. The van der Waals surface area contributed by atoms with E-state index in [9.17, 15) is 9.59 Å². The molecule has 0 atom stereocenters. The highest BCUT2D eigenvalue weighted by molar-refractivity contribution is 7.98. The van der Waals surface area contributed by atoms with E-state index in [1.54, 1.807) is 27.0 Å². The van der Waals surface area contributed by atoms with Crippen LogP contribution in [0.4, 0.5) is 21.1 Å². The number of carbonyl (C=O) groups is 2. The first-order chi connectivity index (χ1) is 19.4. The quantitative estimate of drug-likeness (QED) is 0.270. The smallest absolute Gasteiger partial charge is 0.410 e. The Morgan fingerprint density at radius 2 is 1.71 bits per heavy atom. The Labute approximate surface area is 254 Å². The van der Waals surface area contributed by atoms with E-state index >= 15 is 0 Å². The van der Waals surface area contributed by atoms with E-state index in [0.717, 1.165) is 31.2 Å². The molecule has 41 heavy (non-hydrogen) atoms. The van der Waals surface area contributed by atoms with Crippen molar-refractivity contribution in [2.75, 3.05) is 43.4 Å². The van der Waals surface area contributed by atoms with Crippen LogP contribution in [0.1, 0.15) is 52.0 Å². The van der Waals surface area contributed by atoms with Crippen LogP contribution in [0.25, 0.3) is 0 Å². The van der Waals surface area contributed by atoms with Crippen LogP contribution in [0.5, 0.6) is 11.5 Å². The van der Waals surface area contributed by atoms with Crippen molar-refractivity contribution in [1.29, 1.82) is 0 Å². The number of methoxy groups -OCH3 is 2. The normalized spacial score (nSPS) is 18.7. The lowest BCUT2D eigenvalue weighted by Crippen LogP contribution is -2.61. The van der Waals surface area contributed by atoms with Gasteiger partial charge in [-0.15, -0.1) is 0 Å². The number of halogens is 2. The van der Waals surface area contributed by atoms with Gasteiger partial charge in [0.15, 0.2) is 5.16 Å². The van der Waals surface area contributed by atoms with Crippen LogP contribution in [0.2, 0.25) is 10.0 Å². The Kier molecular flexibility index (Phi) is 8.17. The summed E-state index contributed by atoms with van der Waals surface area (Å²) in [5.74, 6) is 1.31. The number of rotatable bonds is 5. The summed E-state index contributed by atoms with van der Waals surface area (Å²) >= 11 is 14.9. The van der Waals surface area contributed by atoms with E-state index < -0.39 is 5.60 Å². The van der Waals surface area contributed by atoms with Crippen LogP contribution in [0.3, 0.4) is 0 Å². The molecule has 1 aromatic heterocycles. The number of hydrogen-bond acceptors (Lipinski definition) is 8. The molecule has 0 unspecified atom stereocenters. The van der Waals surface area contributed by atoms with E-state index in [1.807, 2.05) is 27.0 Å². The number of hydrogen-bond donors (Lipinski definition) is 0. The summed E-state index contributed by atoms with van der Waals surface area (Å²) in [6, 6.07) is 1.25. The molecule has 0 radical (unpaired) electrons. The number of piperidine rings is 1. The number of likely N-dealkylation sites (tertiary alicyclic amines) is 1. The van der Waals surface area contributed by atoms with E-state index in [1.165, 1.54) is 26.0 Å². The van der Waals surface area contributed by atoms with Gasteiger partial charge in [-0.1, -0.05) is 35.0 Å². The van der Waals surface area contributed by atoms with Gasteiger partial charge in [-0.3, -0.25) is 9.80 Å². The van der Waals surface area contributed by atoms with Crippen molar-refractivity contribution in [3.05, 3.63) is 27.9 Å². The largest absolute Gasteiger partial charge is 0.495 e. The van der Waals surface area contributed by atoms with Crippen LogP contribution in [-0.4, -0.2) is 72.2 Å². The zero-order valence-electron chi connectivity index (χ0n) is 24.1. The van der Waals surface area contributed by atoms with Crippen LogP contribution in [-0.2, 0) is 11.3 Å². The van der Waals surface area contributed by atoms with Crippen molar-refractivity contribution >= 4 is 58.6 Å². The Hall–Kier alpha value is -2.63. The molecule has 5 rings (SSSR count). The average Bonchev–Trinajstić information content (AvgIpc) is 2.91. The lowest BCUT2D eigenvalue weighted by Gasteiger charge is -2.55. The number of benzene rings is 1. The summed E-state index contributed by atoms with van der Waals surface area (Å²) in [6.07, 6.45) is 6.70. The summed E-state index contributed by atoms with van der Waals surface area (Å²) in [6.45, 7) is 7.07. The minimum atomic E-state index is -0.530. The van der Waals surface area contributed by atoms with Gasteiger partial charge in [0.25, 0.3) is 0 Å². The first-order valence-corrected chi connectivity index (χ1v) is 15.5. The first-order valence-electron chi connectivity index (χ1n) is 13.5. The summed E-state index contributed by atoms with van der Waals surface area (Å²) < 4.78 is 16.5. The molecular weight excluding hydrogens is 589 g/mol. The Balaban J connectivity index is 1.42. The molecule has 3 heterocycles. The summed E-state index contributed by atoms with van der Waals surface area (Å²) in [5, 5.41) is 1.03. The molecular formula is C28H35Cl2N5O5S. The number of fused-ring (bicyclic) bond motifs is 1. The maximum absolute atomic E-state index is 14.3. The molecule has 3 aliphatic rings. The second kappa shape index (κ2) is 11.2. The van der Waals surface area contributed by atoms with Gasteiger partial charge >= 0.3 is 12.1 Å². The van der Waals surface area contributed by atoms with Crippen molar-refractivity contribution in [1.82, 2.24) is 14.9 Å². The van der Waals surface area contributed by atoms with Crippen molar-refractivity contribution in [3.8, 4) is 11.5 Å². The number of carbonyl (C=O) groups excluding carboxylic acids is 2. The van der Waals surface area contributed by atoms with Crippen LogP contribution >= 0.6 is 35.0 Å². The van der Waals surface area contributed by atoms with Gasteiger partial charge in [-0.2, -0.15) is 0 Å². The fourth-order valence-corrected chi connectivity index (χ4v) is 6.93. The molecule has 1 saturated carbocycles. The van der Waals surface area contributed by atoms with Crippen molar-refractivity contribution in [2.24, 2.45) is 5.41 Å². The number of nitrogens with zero attached hydrogens (tertiary/aromatic N) is 5. The standard InChI is InChI=1S/C28H35Cl2N5O5S/c1-27(2,3)40-26(37)33-9-7-28(8-10-33)12-17(13-28)35-23-16(14-31-24(32-23)41-6)15-34(25(35)36)22-20(29)18(38-4)11-19(39-5)21(22)30/h11,14,17H,7-10,12-13,15H2,1-6H3. The van der Waals surface area contributed by atoms with Crippen molar-refractivity contribution in [2.45, 2.75) is 69.8 Å². The highest BCUT2D eigenvalue weighted by Gasteiger charge is 2.52. The van der Waals surface area contributed by atoms with Gasteiger partial charge in [0.2, 0.25) is 0 Å². The summed E-state index contributed by atoms with van der Waals surface area (Å²) in [4.78, 5) is 41.2. The molecule has 13 heteroatoms. The van der Waals surface area contributed by atoms with Gasteiger partial charge in [0.1, 0.15) is 33.0 Å². The Morgan fingerprint density at radius 1 is 1.10 bits per heavy atom. The molecule has 2 fully saturated rings. The molecule has 0 N–H and O–H groups in total. The molecule has 1 aromatic carbocycles. The van der Waals surface area contributed by atoms with E-state index in [4.69, 9.17) is 42.4 Å². The van der Waals surface area contributed by atoms with Crippen molar-refractivity contribution < 1.29 is 23.8 Å². The lowest BCUT2D eigenvalue weighted by molar-refractivity contribution is -0.0111. The van der Waals surface area contributed by atoms with E-state index in [-0.39, 0.29) is 40.2 Å². The van der Waals surface area contributed by atoms with E-state index in [0.29, 0.717) is 41.3 Å². The first kappa shape index (κ1) is 29.8. The molecule has 0 bridgehead atoms. The molecule has 1 aliphatic carbocycles. The molecule has 2 aromatic rings. The molecule has 1 spiro atoms. The average molecular weight is 625 g/mol. The summed E-state index contributed by atoms with van der Waals surface area (Å²) in [7, 11) is 3.00. The highest BCUT2D eigenvalue weighted by atomic mass is 35.5. The zero-order chi connectivity index (χ0) is 29.7. The predicted molar refractivity (Wildman–Crippen MR) is 160 cm³/mol. The van der Waals surface area contributed by atoms with Gasteiger partial charge in [-0.05, 0) is 58.1 Å². The number of thioether (sulfide) groups is 1. The third kappa shape index (κ3) is 5.60. The number of amides is 3. The minimum Gasteiger partial charge on any atom is -0.495 e. The Bertz CT molecular complexity index is 1330. The number of anilines is 2. The minimum absolute atomic E-state index is 0.0513. The second-order valence-corrected chi connectivity index (χ2v) is 13.3. The monoisotopic (exact) mass is 623 g/mol. The van der Waals surface area contributed by atoms with Gasteiger partial charge in [0, 0.05) is 37.0 Å².